The number of rotatable bonds is 4. The van der Waals surface area contributed by atoms with E-state index in [9.17, 15) is 17.6 Å². The van der Waals surface area contributed by atoms with E-state index in [4.69, 9.17) is 9.47 Å². The molecule has 1 fully saturated rings. The van der Waals surface area contributed by atoms with Gasteiger partial charge in [-0.05, 0) is 23.8 Å². The lowest BCUT2D eigenvalue weighted by Crippen LogP contribution is -2.43. The highest BCUT2D eigenvalue weighted by Crippen LogP contribution is 2.31. The molecule has 2 aromatic rings. The molecule has 0 bridgehead atoms. The molecule has 1 saturated heterocycles. The lowest BCUT2D eigenvalue weighted by molar-refractivity contribution is -0.184. The van der Waals surface area contributed by atoms with Crippen LogP contribution in [0.4, 0.5) is 17.6 Å². The third-order valence-corrected chi connectivity index (χ3v) is 3.96. The fourth-order valence-electron chi connectivity index (χ4n) is 2.70. The summed E-state index contributed by atoms with van der Waals surface area (Å²) in [5.41, 5.74) is -0.137. The van der Waals surface area contributed by atoms with Crippen LogP contribution in [0.3, 0.4) is 0 Å². The Morgan fingerprint density at radius 1 is 1.12 bits per heavy atom. The molecule has 3 nitrogen and oxygen atoms in total. The van der Waals surface area contributed by atoms with Gasteiger partial charge in [-0.15, -0.1) is 0 Å². The van der Waals surface area contributed by atoms with Gasteiger partial charge in [0.1, 0.15) is 5.82 Å². The molecule has 0 saturated carbocycles. The topological polar surface area (TPSA) is 30.5 Å². The minimum atomic E-state index is -4.53. The summed E-state index contributed by atoms with van der Waals surface area (Å²) in [6.07, 6.45) is -5.25. The summed E-state index contributed by atoms with van der Waals surface area (Å²) in [7, 11) is 0. The van der Waals surface area contributed by atoms with Crippen LogP contribution in [0.15, 0.2) is 48.5 Å². The summed E-state index contributed by atoms with van der Waals surface area (Å²) in [5, 5.41) is 3.25. The van der Waals surface area contributed by atoms with E-state index in [0.29, 0.717) is 19.2 Å². The molecule has 1 aliphatic heterocycles. The van der Waals surface area contributed by atoms with Crippen LogP contribution in [-0.4, -0.2) is 19.4 Å². The van der Waals surface area contributed by atoms with Crippen LogP contribution in [-0.2, 0) is 22.3 Å². The van der Waals surface area contributed by atoms with Gasteiger partial charge in [-0.25, -0.2) is 4.39 Å². The van der Waals surface area contributed by atoms with E-state index in [1.54, 1.807) is 0 Å². The third kappa shape index (κ3) is 4.36. The van der Waals surface area contributed by atoms with Crippen molar-refractivity contribution < 1.29 is 27.0 Å². The smallest absolute Gasteiger partial charge is 0.349 e. The zero-order valence-corrected chi connectivity index (χ0v) is 13.2. The molecule has 1 aliphatic rings. The van der Waals surface area contributed by atoms with E-state index in [1.165, 1.54) is 0 Å². The number of benzene rings is 2. The second-order valence-electron chi connectivity index (χ2n) is 5.70. The van der Waals surface area contributed by atoms with E-state index in [2.05, 4.69) is 5.32 Å². The molecule has 2 atom stereocenters. The van der Waals surface area contributed by atoms with E-state index in [-0.39, 0.29) is 18.2 Å². The molecule has 0 aromatic heterocycles. The largest absolute Gasteiger partial charge is 0.416 e. The fourth-order valence-corrected chi connectivity index (χ4v) is 2.70. The maximum Gasteiger partial charge on any atom is 0.416 e. The zero-order chi connectivity index (χ0) is 17.9. The summed E-state index contributed by atoms with van der Waals surface area (Å²) in [4.78, 5) is 0. The normalized spacial score (nSPS) is 21.3. The highest BCUT2D eigenvalue weighted by atomic mass is 19.4. The predicted octanol–water partition coefficient (Wildman–Crippen LogP) is 4.05. The van der Waals surface area contributed by atoms with E-state index < -0.39 is 23.8 Å². The van der Waals surface area contributed by atoms with E-state index in [1.807, 2.05) is 30.3 Å². The Bertz CT molecular complexity index is 706. The van der Waals surface area contributed by atoms with Crippen molar-refractivity contribution in [1.82, 2.24) is 5.32 Å². The summed E-state index contributed by atoms with van der Waals surface area (Å²) >= 11 is 0. The molecule has 1 N–H and O–H groups in total. The van der Waals surface area contributed by atoms with Crippen LogP contribution in [0.25, 0.3) is 0 Å². The number of halogens is 4. The van der Waals surface area contributed by atoms with Gasteiger partial charge in [-0.3, -0.25) is 0 Å². The van der Waals surface area contributed by atoms with Crippen molar-refractivity contribution in [3.63, 3.8) is 0 Å². The van der Waals surface area contributed by atoms with Crippen molar-refractivity contribution in [1.29, 1.82) is 0 Å². The maximum atomic E-state index is 13.8. The van der Waals surface area contributed by atoms with Gasteiger partial charge in [0.05, 0.1) is 24.8 Å². The van der Waals surface area contributed by atoms with Crippen molar-refractivity contribution in [3.05, 3.63) is 71.0 Å². The van der Waals surface area contributed by atoms with E-state index >= 15 is 0 Å². The second kappa shape index (κ2) is 7.51. The molecule has 0 aliphatic carbocycles. The monoisotopic (exact) mass is 355 g/mol. The summed E-state index contributed by atoms with van der Waals surface area (Å²) in [6.45, 7) is 0.710. The first-order chi connectivity index (χ1) is 11.9. The Hall–Kier alpha value is -1.96. The van der Waals surface area contributed by atoms with Crippen LogP contribution >= 0.6 is 0 Å². The van der Waals surface area contributed by atoms with Crippen LogP contribution in [0.1, 0.15) is 22.7 Å². The lowest BCUT2D eigenvalue weighted by atomic mass is 10.1. The van der Waals surface area contributed by atoms with Crippen LogP contribution in [0.2, 0.25) is 0 Å². The molecule has 0 amide bonds. The first kappa shape index (κ1) is 17.8. The van der Waals surface area contributed by atoms with Gasteiger partial charge >= 0.3 is 6.18 Å². The lowest BCUT2D eigenvalue weighted by Gasteiger charge is -2.33. The predicted molar refractivity (Wildman–Crippen MR) is 83.1 cm³/mol. The SMILES string of the molecule is Fc1ccc(C(F)(F)F)cc1CO[C@H]1OCCN[C@H]1c1ccccc1. The average molecular weight is 355 g/mol. The number of hydrogen-bond acceptors (Lipinski definition) is 3. The maximum absolute atomic E-state index is 13.8. The van der Waals surface area contributed by atoms with Crippen molar-refractivity contribution in [2.75, 3.05) is 13.2 Å². The van der Waals surface area contributed by atoms with Crippen molar-refractivity contribution >= 4 is 0 Å². The Morgan fingerprint density at radius 2 is 1.88 bits per heavy atom. The Labute approximate surface area is 142 Å². The standard InChI is InChI=1S/C18H17F4NO2/c19-15-7-6-14(18(20,21)22)10-13(15)11-25-17-16(23-8-9-24-17)12-4-2-1-3-5-12/h1-7,10,16-17,23H,8-9,11H2/t16-,17+/m0/s1. The van der Waals surface area contributed by atoms with Gasteiger partial charge in [-0.2, -0.15) is 13.2 Å². The molecule has 2 aromatic carbocycles. The minimum Gasteiger partial charge on any atom is -0.349 e. The molecular formula is C18H17F4NO2. The quantitative estimate of drug-likeness (QED) is 0.840. The first-order valence-corrected chi connectivity index (χ1v) is 7.82. The molecule has 3 rings (SSSR count). The molecule has 7 heteroatoms. The van der Waals surface area contributed by atoms with Crippen LogP contribution < -0.4 is 5.32 Å². The number of morpholine rings is 1. The van der Waals surface area contributed by atoms with Crippen molar-refractivity contribution in [2.45, 2.75) is 25.1 Å². The second-order valence-corrected chi connectivity index (χ2v) is 5.70. The van der Waals surface area contributed by atoms with Gasteiger partial charge in [-0.1, -0.05) is 30.3 Å². The van der Waals surface area contributed by atoms with Crippen molar-refractivity contribution in [3.8, 4) is 0 Å². The Morgan fingerprint density at radius 3 is 2.60 bits per heavy atom. The molecule has 25 heavy (non-hydrogen) atoms. The highest BCUT2D eigenvalue weighted by molar-refractivity contribution is 5.27. The summed E-state index contributed by atoms with van der Waals surface area (Å²) in [5.74, 6) is -0.743. The summed E-state index contributed by atoms with van der Waals surface area (Å²) in [6, 6.07) is 11.4. The van der Waals surface area contributed by atoms with Gasteiger partial charge in [0.25, 0.3) is 0 Å². The Balaban J connectivity index is 1.73. The molecule has 0 spiro atoms. The molecule has 0 unspecified atom stereocenters. The molecule has 0 radical (unpaired) electrons. The van der Waals surface area contributed by atoms with Gasteiger partial charge in [0.2, 0.25) is 0 Å². The summed E-state index contributed by atoms with van der Waals surface area (Å²) < 4.78 is 63.3. The molecule has 1 heterocycles. The fraction of sp³-hybridized carbons (Fsp3) is 0.333. The molecular weight excluding hydrogens is 338 g/mol. The number of hydrogen-bond donors (Lipinski definition) is 1. The average Bonchev–Trinajstić information content (AvgIpc) is 2.61. The van der Waals surface area contributed by atoms with Gasteiger partial charge < -0.3 is 14.8 Å². The zero-order valence-electron chi connectivity index (χ0n) is 13.2. The number of ether oxygens (including phenoxy) is 2. The first-order valence-electron chi connectivity index (χ1n) is 7.82. The number of alkyl halides is 3. The van der Waals surface area contributed by atoms with E-state index in [0.717, 1.165) is 17.7 Å². The van der Waals surface area contributed by atoms with Gasteiger partial charge in [0.15, 0.2) is 6.29 Å². The van der Waals surface area contributed by atoms with Crippen LogP contribution in [0.5, 0.6) is 0 Å². The minimum absolute atomic E-state index is 0.157. The number of nitrogens with one attached hydrogen (secondary N) is 1. The van der Waals surface area contributed by atoms with Crippen molar-refractivity contribution in [2.24, 2.45) is 0 Å². The third-order valence-electron chi connectivity index (χ3n) is 3.96. The van der Waals surface area contributed by atoms with Gasteiger partial charge in [0, 0.05) is 12.1 Å². The molecule has 134 valence electrons. The highest BCUT2D eigenvalue weighted by Gasteiger charge is 2.32. The Kier molecular flexibility index (Phi) is 5.36. The van der Waals surface area contributed by atoms with Crippen LogP contribution in [0, 0.1) is 5.82 Å².